The fraction of sp³-hybridized carbons (Fsp3) is 0.538. The number of fused-ring (bicyclic) bond motifs is 7. The van der Waals surface area contributed by atoms with Crippen LogP contribution in [-0.2, 0) is 31.9 Å². The molecule has 7 heteroatoms. The number of phenolic OH excluding ortho intramolecular Hbond substituents is 1. The van der Waals surface area contributed by atoms with E-state index < -0.39 is 41.5 Å². The Labute approximate surface area is 271 Å². The van der Waals surface area contributed by atoms with Crippen molar-refractivity contribution >= 4 is 11.6 Å². The lowest BCUT2D eigenvalue weighted by molar-refractivity contribution is -0.201. The second-order valence-electron chi connectivity index (χ2n) is 15.3. The SMILES string of the molecule is CC(C)Cc1cc(Cc2ccc([C@@H]3O[C@@H]4C[C@H]5[C@@H]6CCC7=CC(=O)C=C[C@]7(C)[C@H]6[C@@H](O)C[C@]5(C)[C@]4(C(=O)CO)O3)cc2)ccc1O. The number of aliphatic hydroxyl groups is 2. The minimum absolute atomic E-state index is 0.000889. The van der Waals surface area contributed by atoms with Gasteiger partial charge in [-0.2, -0.15) is 0 Å². The number of carbonyl (C=O) groups excluding carboxylic acids is 2. The second kappa shape index (κ2) is 11.3. The first-order valence-corrected chi connectivity index (χ1v) is 16.9. The lowest BCUT2D eigenvalue weighted by Crippen LogP contribution is -2.63. The highest BCUT2D eigenvalue weighted by Crippen LogP contribution is 2.70. The van der Waals surface area contributed by atoms with Crippen LogP contribution >= 0.6 is 0 Å². The van der Waals surface area contributed by atoms with Gasteiger partial charge in [-0.15, -0.1) is 0 Å². The molecule has 7 nitrogen and oxygen atoms in total. The Morgan fingerprint density at radius 2 is 1.83 bits per heavy atom. The topological polar surface area (TPSA) is 113 Å². The third-order valence-corrected chi connectivity index (χ3v) is 12.2. The van der Waals surface area contributed by atoms with Gasteiger partial charge in [0, 0.05) is 22.3 Å². The molecule has 5 aliphatic rings. The van der Waals surface area contributed by atoms with Crippen LogP contribution in [0.2, 0.25) is 0 Å². The molecular formula is C39H46O7. The number of phenols is 1. The first-order chi connectivity index (χ1) is 21.9. The van der Waals surface area contributed by atoms with Gasteiger partial charge in [-0.05, 0) is 91.2 Å². The smallest absolute Gasteiger partial charge is 0.193 e. The van der Waals surface area contributed by atoms with Gasteiger partial charge >= 0.3 is 0 Å². The fourth-order valence-electron chi connectivity index (χ4n) is 10.2. The number of benzene rings is 2. The molecule has 244 valence electrons. The van der Waals surface area contributed by atoms with Gasteiger partial charge in [-0.1, -0.05) is 75.7 Å². The van der Waals surface area contributed by atoms with Crippen molar-refractivity contribution in [3.05, 3.63) is 88.5 Å². The molecule has 9 atom stereocenters. The molecule has 1 aliphatic heterocycles. The first kappa shape index (κ1) is 31.5. The average Bonchev–Trinajstić information content (AvgIpc) is 3.51. The van der Waals surface area contributed by atoms with Gasteiger partial charge in [0.25, 0.3) is 0 Å². The van der Waals surface area contributed by atoms with Crippen LogP contribution in [0.5, 0.6) is 5.75 Å². The van der Waals surface area contributed by atoms with Crippen molar-refractivity contribution in [3.63, 3.8) is 0 Å². The summed E-state index contributed by atoms with van der Waals surface area (Å²) in [5, 5.41) is 32.4. The monoisotopic (exact) mass is 626 g/mol. The van der Waals surface area contributed by atoms with Crippen molar-refractivity contribution < 1.29 is 34.4 Å². The summed E-state index contributed by atoms with van der Waals surface area (Å²) in [6, 6.07) is 13.8. The van der Waals surface area contributed by atoms with Crippen LogP contribution in [0.3, 0.4) is 0 Å². The minimum Gasteiger partial charge on any atom is -0.508 e. The number of aromatic hydroxyl groups is 1. The highest BCUT2D eigenvalue weighted by molar-refractivity contribution is 6.01. The van der Waals surface area contributed by atoms with Gasteiger partial charge in [0.1, 0.15) is 12.4 Å². The van der Waals surface area contributed by atoms with Gasteiger partial charge in [0.05, 0.1) is 12.2 Å². The van der Waals surface area contributed by atoms with Crippen LogP contribution in [0.4, 0.5) is 0 Å². The maximum Gasteiger partial charge on any atom is 0.193 e. The van der Waals surface area contributed by atoms with Crippen LogP contribution in [0.15, 0.2) is 66.3 Å². The van der Waals surface area contributed by atoms with Crippen molar-refractivity contribution in [1.82, 2.24) is 0 Å². The standard InChI is InChI=1S/C39H46O7/c1-22(2)15-26-17-24(7-12-31(26)42)16-23-5-8-25(9-6-23)36-45-34-19-30-29-11-10-27-18-28(41)13-14-37(27,3)35(29)32(43)20-38(30,4)39(34,46-36)33(44)21-40/h5-9,12-14,17-18,22,29-30,32,34-36,40,42-43H,10-11,15-16,19-21H2,1-4H3/t29-,30-,32-,34+,35+,36+,37-,38-,39+/m0/s1. The number of rotatable bonds is 7. The van der Waals surface area contributed by atoms with Crippen LogP contribution in [-0.4, -0.2) is 51.3 Å². The van der Waals surface area contributed by atoms with Gasteiger partial charge in [-0.3, -0.25) is 9.59 Å². The number of aliphatic hydroxyl groups excluding tert-OH is 2. The lowest BCUT2D eigenvalue weighted by atomic mass is 9.46. The largest absolute Gasteiger partial charge is 0.508 e. The Balaban J connectivity index is 1.14. The first-order valence-electron chi connectivity index (χ1n) is 16.9. The summed E-state index contributed by atoms with van der Waals surface area (Å²) in [6.07, 6.45) is 7.45. The molecule has 7 rings (SSSR count). The molecular weight excluding hydrogens is 580 g/mol. The molecule has 0 bridgehead atoms. The molecule has 2 aromatic rings. The molecule has 1 heterocycles. The number of Topliss-reactive ketones (excluding diaryl/α,β-unsaturated/α-hetero) is 1. The van der Waals surface area contributed by atoms with Crippen LogP contribution < -0.4 is 0 Å². The van der Waals surface area contributed by atoms with Crippen LogP contribution in [0.1, 0.15) is 81.9 Å². The molecule has 1 saturated heterocycles. The normalized spacial score (nSPS) is 37.8. The molecule has 0 spiro atoms. The van der Waals surface area contributed by atoms with Crippen molar-refractivity contribution in [2.75, 3.05) is 6.61 Å². The van der Waals surface area contributed by atoms with Gasteiger partial charge in [0.15, 0.2) is 23.5 Å². The highest BCUT2D eigenvalue weighted by Gasteiger charge is 2.75. The Hall–Kier alpha value is -3.10. The number of ether oxygens (including phenoxy) is 2. The molecule has 4 fully saturated rings. The number of ketones is 2. The van der Waals surface area contributed by atoms with E-state index in [1.807, 2.05) is 36.4 Å². The Morgan fingerprint density at radius 1 is 1.09 bits per heavy atom. The zero-order valence-corrected chi connectivity index (χ0v) is 27.2. The highest BCUT2D eigenvalue weighted by atomic mass is 16.7. The van der Waals surface area contributed by atoms with E-state index in [1.54, 1.807) is 18.2 Å². The summed E-state index contributed by atoms with van der Waals surface area (Å²) in [7, 11) is 0. The quantitative estimate of drug-likeness (QED) is 0.357. The molecule has 46 heavy (non-hydrogen) atoms. The summed E-state index contributed by atoms with van der Waals surface area (Å²) in [6.45, 7) is 7.81. The lowest BCUT2D eigenvalue weighted by Gasteiger charge is -2.59. The zero-order chi connectivity index (χ0) is 32.6. The van der Waals surface area contributed by atoms with E-state index in [9.17, 15) is 24.9 Å². The molecule has 4 aliphatic carbocycles. The van der Waals surface area contributed by atoms with Gasteiger partial charge in [-0.25, -0.2) is 0 Å². The molecule has 0 amide bonds. The van der Waals surface area contributed by atoms with Gasteiger partial charge < -0.3 is 24.8 Å². The minimum atomic E-state index is -1.37. The maximum absolute atomic E-state index is 13.8. The molecule has 2 aromatic carbocycles. The van der Waals surface area contributed by atoms with Crippen molar-refractivity contribution in [2.24, 2.45) is 34.5 Å². The third-order valence-electron chi connectivity index (χ3n) is 12.2. The van der Waals surface area contributed by atoms with Crippen LogP contribution in [0, 0.1) is 34.5 Å². The zero-order valence-electron chi connectivity index (χ0n) is 27.2. The Bertz CT molecular complexity index is 1610. The number of carbonyl (C=O) groups is 2. The summed E-state index contributed by atoms with van der Waals surface area (Å²) in [5.74, 6) is 0.490. The van der Waals surface area contributed by atoms with Gasteiger partial charge in [0.2, 0.25) is 0 Å². The molecule has 3 N–H and O–H groups in total. The number of hydrogen-bond donors (Lipinski definition) is 3. The van der Waals surface area contributed by atoms with Crippen molar-refractivity contribution in [3.8, 4) is 5.75 Å². The summed E-state index contributed by atoms with van der Waals surface area (Å²) in [4.78, 5) is 26.0. The Kier molecular flexibility index (Phi) is 7.71. The second-order valence-corrected chi connectivity index (χ2v) is 15.3. The fourth-order valence-corrected chi connectivity index (χ4v) is 10.2. The van der Waals surface area contributed by atoms with E-state index in [0.717, 1.165) is 47.1 Å². The average molecular weight is 627 g/mol. The molecule has 0 radical (unpaired) electrons. The van der Waals surface area contributed by atoms with E-state index in [2.05, 4.69) is 33.8 Å². The van der Waals surface area contributed by atoms with E-state index in [0.29, 0.717) is 30.9 Å². The van der Waals surface area contributed by atoms with E-state index in [1.165, 1.54) is 0 Å². The predicted octanol–water partition coefficient (Wildman–Crippen LogP) is 5.78. The summed E-state index contributed by atoms with van der Waals surface area (Å²) < 4.78 is 13.3. The maximum atomic E-state index is 13.8. The molecule has 3 saturated carbocycles. The summed E-state index contributed by atoms with van der Waals surface area (Å²) in [5.41, 5.74) is 2.57. The predicted molar refractivity (Wildman–Crippen MR) is 173 cm³/mol. The van der Waals surface area contributed by atoms with Crippen molar-refractivity contribution in [2.45, 2.75) is 90.3 Å². The third kappa shape index (κ3) is 4.68. The number of allylic oxidation sites excluding steroid dienone is 4. The Morgan fingerprint density at radius 3 is 2.54 bits per heavy atom. The van der Waals surface area contributed by atoms with E-state index in [4.69, 9.17) is 9.47 Å². The van der Waals surface area contributed by atoms with Crippen LogP contribution in [0.25, 0.3) is 0 Å². The number of hydrogen-bond acceptors (Lipinski definition) is 7. The molecule has 0 aromatic heterocycles. The van der Waals surface area contributed by atoms with E-state index >= 15 is 0 Å². The molecule has 0 unspecified atom stereocenters. The summed E-state index contributed by atoms with van der Waals surface area (Å²) >= 11 is 0. The van der Waals surface area contributed by atoms with E-state index in [-0.39, 0.29) is 29.3 Å². The van der Waals surface area contributed by atoms with Crippen molar-refractivity contribution in [1.29, 1.82) is 0 Å².